The molecule has 3 heterocycles. The van der Waals surface area contributed by atoms with Crippen LogP contribution in [0.25, 0.3) is 11.1 Å². The molecule has 2 aromatic heterocycles. The van der Waals surface area contributed by atoms with Crippen molar-refractivity contribution in [3.05, 3.63) is 87.7 Å². The molecule has 0 spiro atoms. The van der Waals surface area contributed by atoms with Crippen LogP contribution < -0.4 is 16.3 Å². The molecule has 0 aliphatic carbocycles. The van der Waals surface area contributed by atoms with Crippen molar-refractivity contribution in [2.24, 2.45) is 4.99 Å². The minimum atomic E-state index is -0.671. The normalized spacial score (nSPS) is 15.5. The van der Waals surface area contributed by atoms with Gasteiger partial charge in [-0.25, -0.2) is 14.2 Å². The summed E-state index contributed by atoms with van der Waals surface area (Å²) in [6.07, 6.45) is 1.39. The number of benzene rings is 2. The fourth-order valence-electron chi connectivity index (χ4n) is 3.31. The Labute approximate surface area is 163 Å². The second-order valence-corrected chi connectivity index (χ2v) is 6.66. The van der Waals surface area contributed by atoms with Gasteiger partial charge in [-0.05, 0) is 36.8 Å². The lowest BCUT2D eigenvalue weighted by Crippen LogP contribution is -2.31. The zero-order valence-corrected chi connectivity index (χ0v) is 15.3. The summed E-state index contributed by atoms with van der Waals surface area (Å²) in [7, 11) is 0. The second kappa shape index (κ2) is 6.59. The van der Waals surface area contributed by atoms with Crippen LogP contribution in [-0.2, 0) is 0 Å². The third kappa shape index (κ3) is 3.04. The average molecular weight is 390 g/mol. The third-order valence-electron chi connectivity index (χ3n) is 4.71. The molecule has 0 radical (unpaired) electrons. The molecule has 2 N–H and O–H groups in total. The summed E-state index contributed by atoms with van der Waals surface area (Å²) in [5.41, 5.74) is 3.18. The van der Waals surface area contributed by atoms with E-state index in [1.165, 1.54) is 18.4 Å². The highest BCUT2D eigenvalue weighted by atomic mass is 19.1. The minimum Gasteiger partial charge on any atom is -0.431 e. The number of nitrogens with one attached hydrogen (secondary N) is 2. The topological polar surface area (TPSA) is 92.7 Å². The number of fused-ring (bicyclic) bond motifs is 2. The molecule has 1 aliphatic rings. The van der Waals surface area contributed by atoms with Crippen LogP contribution in [0.5, 0.6) is 0 Å². The van der Waals surface area contributed by atoms with Crippen LogP contribution in [0.1, 0.15) is 22.7 Å². The van der Waals surface area contributed by atoms with E-state index in [-0.39, 0.29) is 11.8 Å². The number of aliphatic imine (C=N–C) groups is 1. The van der Waals surface area contributed by atoms with Crippen LogP contribution in [-0.4, -0.2) is 10.9 Å². The molecule has 1 aliphatic heterocycles. The number of aromatic nitrogens is 1. The number of oxazole rings is 1. The fourth-order valence-corrected chi connectivity index (χ4v) is 3.31. The molecule has 5 rings (SSSR count). The van der Waals surface area contributed by atoms with Gasteiger partial charge in [0.05, 0.1) is 17.5 Å². The summed E-state index contributed by atoms with van der Waals surface area (Å²) >= 11 is 0. The van der Waals surface area contributed by atoms with E-state index in [4.69, 9.17) is 8.83 Å². The van der Waals surface area contributed by atoms with E-state index in [1.807, 2.05) is 31.2 Å². The molecule has 1 atom stereocenters. The summed E-state index contributed by atoms with van der Waals surface area (Å²) < 4.78 is 24.2. The first-order valence-electron chi connectivity index (χ1n) is 8.93. The number of guanidine groups is 1. The molecule has 29 heavy (non-hydrogen) atoms. The van der Waals surface area contributed by atoms with Crippen molar-refractivity contribution in [2.75, 3.05) is 10.6 Å². The Morgan fingerprint density at radius 3 is 2.72 bits per heavy atom. The van der Waals surface area contributed by atoms with Crippen molar-refractivity contribution in [3.8, 4) is 0 Å². The average Bonchev–Trinajstić information content (AvgIpc) is 3.13. The predicted octanol–water partition coefficient (Wildman–Crippen LogP) is 4.21. The standard InChI is InChI=1S/C21H15FN4O3/c1-11-10-28-19(27)16-17(11)24-20(25-18(16)12-6-8-13(22)9-7-12)26-21-23-14-4-2-3-5-15(14)29-21/h2-10,18H,1H3,(H2,23,24,25,26). The summed E-state index contributed by atoms with van der Waals surface area (Å²) in [4.78, 5) is 21.4. The van der Waals surface area contributed by atoms with Crippen LogP contribution >= 0.6 is 0 Å². The summed E-state index contributed by atoms with van der Waals surface area (Å²) in [5.74, 6) is -0.0138. The summed E-state index contributed by atoms with van der Waals surface area (Å²) in [6, 6.07) is 12.8. The highest BCUT2D eigenvalue weighted by Crippen LogP contribution is 2.34. The molecular weight excluding hydrogens is 375 g/mol. The third-order valence-corrected chi connectivity index (χ3v) is 4.71. The first-order valence-corrected chi connectivity index (χ1v) is 8.93. The molecule has 4 aromatic rings. The first-order chi connectivity index (χ1) is 14.1. The van der Waals surface area contributed by atoms with Crippen molar-refractivity contribution in [3.63, 3.8) is 0 Å². The molecule has 144 valence electrons. The van der Waals surface area contributed by atoms with Gasteiger partial charge < -0.3 is 14.2 Å². The molecule has 0 saturated carbocycles. The number of aryl methyl sites for hydroxylation is 1. The van der Waals surface area contributed by atoms with Gasteiger partial charge in [0.1, 0.15) is 17.4 Å². The SMILES string of the molecule is Cc1coc(=O)c2c1NC(Nc1nc3ccccc3o1)=NC2c1ccc(F)cc1. The highest BCUT2D eigenvalue weighted by Gasteiger charge is 2.29. The van der Waals surface area contributed by atoms with Crippen molar-refractivity contribution in [2.45, 2.75) is 13.0 Å². The highest BCUT2D eigenvalue weighted by molar-refractivity contribution is 6.05. The van der Waals surface area contributed by atoms with Crippen LogP contribution in [0.15, 0.2) is 73.4 Å². The van der Waals surface area contributed by atoms with Gasteiger partial charge in [0.25, 0.3) is 0 Å². The van der Waals surface area contributed by atoms with E-state index in [0.717, 1.165) is 5.56 Å². The number of rotatable bonds is 2. The van der Waals surface area contributed by atoms with Crippen molar-refractivity contribution in [1.82, 2.24) is 4.98 Å². The zero-order valence-electron chi connectivity index (χ0n) is 15.3. The number of para-hydroxylation sites is 2. The number of nitrogens with zero attached hydrogens (tertiary/aromatic N) is 2. The van der Waals surface area contributed by atoms with Gasteiger partial charge in [0.15, 0.2) is 5.58 Å². The van der Waals surface area contributed by atoms with Gasteiger partial charge in [0.2, 0.25) is 5.96 Å². The summed E-state index contributed by atoms with van der Waals surface area (Å²) in [6.45, 7) is 1.82. The number of halogens is 1. The quantitative estimate of drug-likeness (QED) is 0.533. The van der Waals surface area contributed by atoms with E-state index in [0.29, 0.717) is 33.9 Å². The predicted molar refractivity (Wildman–Crippen MR) is 107 cm³/mol. The van der Waals surface area contributed by atoms with Crippen LogP contribution in [0.3, 0.4) is 0 Å². The van der Waals surface area contributed by atoms with Crippen LogP contribution in [0.2, 0.25) is 0 Å². The monoisotopic (exact) mass is 390 g/mol. The first kappa shape index (κ1) is 17.2. The van der Waals surface area contributed by atoms with Gasteiger partial charge in [-0.3, -0.25) is 5.32 Å². The van der Waals surface area contributed by atoms with E-state index in [1.54, 1.807) is 12.1 Å². The lowest BCUT2D eigenvalue weighted by molar-refractivity contribution is 0.494. The van der Waals surface area contributed by atoms with Crippen molar-refractivity contribution >= 4 is 28.8 Å². The zero-order chi connectivity index (χ0) is 20.0. The van der Waals surface area contributed by atoms with Crippen LogP contribution in [0.4, 0.5) is 16.1 Å². The Bertz CT molecular complexity index is 1270. The van der Waals surface area contributed by atoms with Gasteiger partial charge >= 0.3 is 11.6 Å². The maximum Gasteiger partial charge on any atom is 0.343 e. The Hall–Kier alpha value is -3.94. The van der Waals surface area contributed by atoms with Gasteiger partial charge in [-0.1, -0.05) is 24.3 Å². The molecule has 1 unspecified atom stereocenters. The van der Waals surface area contributed by atoms with Gasteiger partial charge in [-0.2, -0.15) is 4.98 Å². The number of hydrogen-bond donors (Lipinski definition) is 2. The summed E-state index contributed by atoms with van der Waals surface area (Å²) in [5, 5.41) is 6.14. The second-order valence-electron chi connectivity index (χ2n) is 6.66. The van der Waals surface area contributed by atoms with Gasteiger partial charge in [-0.15, -0.1) is 0 Å². The lowest BCUT2D eigenvalue weighted by Gasteiger charge is -2.25. The fraction of sp³-hybridized carbons (Fsp3) is 0.0952. The van der Waals surface area contributed by atoms with Gasteiger partial charge in [0, 0.05) is 5.56 Å². The van der Waals surface area contributed by atoms with E-state index < -0.39 is 11.7 Å². The lowest BCUT2D eigenvalue weighted by atomic mass is 9.97. The number of hydrogen-bond acceptors (Lipinski definition) is 7. The molecule has 8 heteroatoms. The van der Waals surface area contributed by atoms with E-state index in [9.17, 15) is 9.18 Å². The van der Waals surface area contributed by atoms with E-state index in [2.05, 4.69) is 20.6 Å². The van der Waals surface area contributed by atoms with E-state index >= 15 is 0 Å². The Kier molecular flexibility index (Phi) is 3.90. The molecule has 0 bridgehead atoms. The minimum absolute atomic E-state index is 0.263. The molecular formula is C21H15FN4O3. The molecule has 7 nitrogen and oxygen atoms in total. The Morgan fingerprint density at radius 2 is 1.93 bits per heavy atom. The molecule has 0 fully saturated rings. The Balaban J connectivity index is 1.59. The smallest absolute Gasteiger partial charge is 0.343 e. The Morgan fingerprint density at radius 1 is 1.14 bits per heavy atom. The maximum atomic E-state index is 13.4. The number of anilines is 2. The molecule has 0 saturated heterocycles. The maximum absolute atomic E-state index is 13.4. The molecule has 2 aromatic carbocycles. The molecule has 0 amide bonds. The van der Waals surface area contributed by atoms with Crippen molar-refractivity contribution < 1.29 is 13.2 Å². The van der Waals surface area contributed by atoms with Crippen LogP contribution in [0, 0.1) is 12.7 Å². The largest absolute Gasteiger partial charge is 0.431 e. The van der Waals surface area contributed by atoms with Crippen molar-refractivity contribution in [1.29, 1.82) is 0 Å².